The van der Waals surface area contributed by atoms with Gasteiger partial charge in [-0.05, 0) is 79.6 Å². The molecule has 4 aromatic rings. The van der Waals surface area contributed by atoms with Crippen molar-refractivity contribution in [3.63, 3.8) is 0 Å². The second-order valence-electron chi connectivity index (χ2n) is 9.01. The van der Waals surface area contributed by atoms with E-state index >= 15 is 0 Å². The van der Waals surface area contributed by atoms with E-state index in [0.29, 0.717) is 19.4 Å². The van der Waals surface area contributed by atoms with Crippen molar-refractivity contribution in [3.8, 4) is 5.69 Å². The zero-order valence-corrected chi connectivity index (χ0v) is 21.2. The van der Waals surface area contributed by atoms with E-state index in [9.17, 15) is 9.59 Å². The van der Waals surface area contributed by atoms with Crippen LogP contribution >= 0.6 is 0 Å². The standard InChI is InChI=1S/C31H33NO4/c1-4-35-31(34)19-12-25-11-18-30-29(20-25)27(13-10-24-8-6-5-7-9-24)21-32(30)28-16-14-26(15-17-28)22(2)36-23(3)33/h5-9,11,14-18,20-22H,4,10,12-13,19H2,1-3H3. The number of carbonyl (C=O) groups is 2. The fraction of sp³-hybridized carbons (Fsp3) is 0.290. The summed E-state index contributed by atoms with van der Waals surface area (Å²) in [5, 5.41) is 1.20. The molecule has 0 fully saturated rings. The van der Waals surface area contributed by atoms with Crippen LogP contribution in [0.1, 0.15) is 55.5 Å². The molecule has 3 aromatic carbocycles. The average molecular weight is 484 g/mol. The van der Waals surface area contributed by atoms with Crippen molar-refractivity contribution in [2.24, 2.45) is 0 Å². The first-order valence-electron chi connectivity index (χ1n) is 12.5. The fourth-order valence-corrected chi connectivity index (χ4v) is 4.54. The maximum Gasteiger partial charge on any atom is 0.306 e. The lowest BCUT2D eigenvalue weighted by molar-refractivity contribution is -0.146. The largest absolute Gasteiger partial charge is 0.466 e. The quantitative estimate of drug-likeness (QED) is 0.241. The molecule has 0 amide bonds. The number of hydrogen-bond acceptors (Lipinski definition) is 4. The number of carbonyl (C=O) groups excluding carboxylic acids is 2. The van der Waals surface area contributed by atoms with Crippen LogP contribution in [0.15, 0.2) is 79.0 Å². The van der Waals surface area contributed by atoms with E-state index in [-0.39, 0.29) is 18.0 Å². The van der Waals surface area contributed by atoms with E-state index in [1.807, 2.05) is 32.0 Å². The second kappa shape index (κ2) is 11.7. The van der Waals surface area contributed by atoms with Gasteiger partial charge in [0.1, 0.15) is 6.10 Å². The average Bonchev–Trinajstić information content (AvgIpc) is 3.24. The molecule has 36 heavy (non-hydrogen) atoms. The molecule has 0 spiro atoms. The van der Waals surface area contributed by atoms with Gasteiger partial charge in [-0.15, -0.1) is 0 Å². The molecule has 0 aliphatic rings. The van der Waals surface area contributed by atoms with Crippen LogP contribution in [-0.4, -0.2) is 23.1 Å². The third-order valence-electron chi connectivity index (χ3n) is 6.38. The highest BCUT2D eigenvalue weighted by Gasteiger charge is 2.14. The van der Waals surface area contributed by atoms with Gasteiger partial charge in [0.05, 0.1) is 12.1 Å². The Morgan fingerprint density at radius 1 is 0.889 bits per heavy atom. The van der Waals surface area contributed by atoms with Gasteiger partial charge in [0.15, 0.2) is 0 Å². The van der Waals surface area contributed by atoms with E-state index < -0.39 is 0 Å². The summed E-state index contributed by atoms with van der Waals surface area (Å²) in [6, 6.07) is 25.1. The third-order valence-corrected chi connectivity index (χ3v) is 6.38. The van der Waals surface area contributed by atoms with Gasteiger partial charge < -0.3 is 14.0 Å². The Bertz CT molecular complexity index is 1320. The predicted molar refractivity (Wildman–Crippen MR) is 142 cm³/mol. The number of aromatic nitrogens is 1. The topological polar surface area (TPSA) is 57.5 Å². The number of ether oxygens (including phenoxy) is 2. The molecule has 0 aliphatic heterocycles. The van der Waals surface area contributed by atoms with Gasteiger partial charge in [-0.2, -0.15) is 0 Å². The zero-order valence-electron chi connectivity index (χ0n) is 21.2. The molecule has 1 atom stereocenters. The Morgan fingerprint density at radius 3 is 2.33 bits per heavy atom. The van der Waals surface area contributed by atoms with Crippen molar-refractivity contribution in [3.05, 3.63) is 101 Å². The van der Waals surface area contributed by atoms with Crippen LogP contribution in [0.3, 0.4) is 0 Å². The first kappa shape index (κ1) is 25.2. The van der Waals surface area contributed by atoms with Crippen molar-refractivity contribution in [1.82, 2.24) is 4.57 Å². The lowest BCUT2D eigenvalue weighted by Gasteiger charge is -2.13. The Kier molecular flexibility index (Phi) is 8.21. The molecule has 1 aromatic heterocycles. The van der Waals surface area contributed by atoms with Crippen LogP contribution in [-0.2, 0) is 38.3 Å². The minimum absolute atomic E-state index is 0.164. The van der Waals surface area contributed by atoms with Gasteiger partial charge in [0.25, 0.3) is 0 Å². The van der Waals surface area contributed by atoms with Crippen LogP contribution in [0.2, 0.25) is 0 Å². The molecule has 1 heterocycles. The van der Waals surface area contributed by atoms with Crippen LogP contribution in [0.25, 0.3) is 16.6 Å². The summed E-state index contributed by atoms with van der Waals surface area (Å²) in [7, 11) is 0. The van der Waals surface area contributed by atoms with E-state index in [1.54, 1.807) is 0 Å². The van der Waals surface area contributed by atoms with E-state index in [4.69, 9.17) is 9.47 Å². The molecule has 5 heteroatoms. The highest BCUT2D eigenvalue weighted by atomic mass is 16.5. The number of nitrogens with zero attached hydrogens (tertiary/aromatic N) is 1. The van der Waals surface area contributed by atoms with Crippen LogP contribution in [0, 0.1) is 0 Å². The van der Waals surface area contributed by atoms with Gasteiger partial charge >= 0.3 is 11.9 Å². The summed E-state index contributed by atoms with van der Waals surface area (Å²) >= 11 is 0. The van der Waals surface area contributed by atoms with Gasteiger partial charge in [-0.1, -0.05) is 48.5 Å². The maximum absolute atomic E-state index is 11.9. The van der Waals surface area contributed by atoms with Crippen molar-refractivity contribution in [2.45, 2.75) is 52.6 Å². The molecule has 186 valence electrons. The summed E-state index contributed by atoms with van der Waals surface area (Å²) in [4.78, 5) is 23.2. The van der Waals surface area contributed by atoms with E-state index in [0.717, 1.165) is 35.2 Å². The van der Waals surface area contributed by atoms with Crippen molar-refractivity contribution in [2.75, 3.05) is 6.61 Å². The highest BCUT2D eigenvalue weighted by Crippen LogP contribution is 2.29. The fourth-order valence-electron chi connectivity index (χ4n) is 4.54. The molecule has 5 nitrogen and oxygen atoms in total. The molecular weight excluding hydrogens is 450 g/mol. The minimum Gasteiger partial charge on any atom is -0.466 e. The van der Waals surface area contributed by atoms with Crippen molar-refractivity contribution < 1.29 is 19.1 Å². The molecule has 0 radical (unpaired) electrons. The monoisotopic (exact) mass is 483 g/mol. The minimum atomic E-state index is -0.290. The predicted octanol–water partition coefficient (Wildman–Crippen LogP) is 6.54. The highest BCUT2D eigenvalue weighted by molar-refractivity contribution is 5.86. The zero-order chi connectivity index (χ0) is 25.5. The number of fused-ring (bicyclic) bond motifs is 1. The maximum atomic E-state index is 11.9. The van der Waals surface area contributed by atoms with Crippen LogP contribution < -0.4 is 0 Å². The lowest BCUT2D eigenvalue weighted by Crippen LogP contribution is -2.05. The number of hydrogen-bond donors (Lipinski definition) is 0. The normalized spacial score (nSPS) is 11.9. The molecule has 0 saturated carbocycles. The molecule has 0 saturated heterocycles. The summed E-state index contributed by atoms with van der Waals surface area (Å²) < 4.78 is 12.6. The summed E-state index contributed by atoms with van der Waals surface area (Å²) in [6.07, 6.45) is 4.82. The third kappa shape index (κ3) is 6.22. The molecular formula is C31H33NO4. The Balaban J connectivity index is 1.65. The number of esters is 2. The van der Waals surface area contributed by atoms with E-state index in [1.165, 1.54) is 23.4 Å². The molecule has 0 N–H and O–H groups in total. The Labute approximate surface area is 212 Å². The Hall–Kier alpha value is -3.86. The van der Waals surface area contributed by atoms with Crippen LogP contribution in [0.4, 0.5) is 0 Å². The van der Waals surface area contributed by atoms with Gasteiger partial charge in [-0.25, -0.2) is 0 Å². The molecule has 0 aliphatic carbocycles. The summed E-state index contributed by atoms with van der Waals surface area (Å²) in [5.41, 5.74) is 6.82. The SMILES string of the molecule is CCOC(=O)CCc1ccc2c(c1)c(CCc1ccccc1)cn2-c1ccc(C(C)OC(C)=O)cc1. The Morgan fingerprint density at radius 2 is 1.64 bits per heavy atom. The molecule has 4 rings (SSSR count). The van der Waals surface area contributed by atoms with Gasteiger partial charge in [0, 0.05) is 30.6 Å². The molecule has 1 unspecified atom stereocenters. The van der Waals surface area contributed by atoms with Gasteiger partial charge in [-0.3, -0.25) is 9.59 Å². The first-order valence-corrected chi connectivity index (χ1v) is 12.5. The summed E-state index contributed by atoms with van der Waals surface area (Å²) in [6.45, 7) is 5.54. The second-order valence-corrected chi connectivity index (χ2v) is 9.01. The number of aryl methyl sites for hydroxylation is 3. The first-order chi connectivity index (χ1) is 17.4. The van der Waals surface area contributed by atoms with Crippen molar-refractivity contribution in [1.29, 1.82) is 0 Å². The van der Waals surface area contributed by atoms with Crippen LogP contribution in [0.5, 0.6) is 0 Å². The molecule has 0 bridgehead atoms. The van der Waals surface area contributed by atoms with Gasteiger partial charge in [0.2, 0.25) is 0 Å². The lowest BCUT2D eigenvalue weighted by atomic mass is 10.0. The van der Waals surface area contributed by atoms with E-state index in [2.05, 4.69) is 65.4 Å². The summed E-state index contributed by atoms with van der Waals surface area (Å²) in [5.74, 6) is -0.452. The van der Waals surface area contributed by atoms with Crippen molar-refractivity contribution >= 4 is 22.8 Å². The smallest absolute Gasteiger partial charge is 0.306 e. The number of benzene rings is 3. The number of rotatable bonds is 10.